The molecule has 0 radical (unpaired) electrons. The minimum atomic E-state index is -0.00394. The Kier molecular flexibility index (Phi) is 8.29. The maximum absolute atomic E-state index is 12.5. The molecule has 1 aromatic carbocycles. The van der Waals surface area contributed by atoms with Gasteiger partial charge in [-0.2, -0.15) is 0 Å². The number of rotatable bonds is 7. The highest BCUT2D eigenvalue weighted by Crippen LogP contribution is 2.15. The Morgan fingerprint density at radius 2 is 1.74 bits per heavy atom. The first-order valence-electron chi connectivity index (χ1n) is 10.3. The third-order valence-corrected chi connectivity index (χ3v) is 5.11. The highest BCUT2D eigenvalue weighted by molar-refractivity contribution is 5.78. The second kappa shape index (κ2) is 10.5. The van der Waals surface area contributed by atoms with E-state index in [1.165, 1.54) is 5.56 Å². The average molecular weight is 374 g/mol. The smallest absolute Gasteiger partial charge is 0.234 e. The molecule has 1 aliphatic rings. The number of amides is 2. The number of benzene rings is 1. The van der Waals surface area contributed by atoms with Gasteiger partial charge in [0, 0.05) is 32.6 Å². The van der Waals surface area contributed by atoms with Gasteiger partial charge < -0.3 is 10.2 Å². The Morgan fingerprint density at radius 1 is 1.04 bits per heavy atom. The number of hydrogen-bond acceptors (Lipinski definition) is 3. The molecule has 1 saturated heterocycles. The van der Waals surface area contributed by atoms with Crippen LogP contribution in [0, 0.1) is 5.92 Å². The predicted molar refractivity (Wildman–Crippen MR) is 109 cm³/mol. The molecule has 0 aromatic heterocycles. The normalized spacial score (nSPS) is 16.9. The molecule has 1 N–H and O–H groups in total. The van der Waals surface area contributed by atoms with Crippen molar-refractivity contribution in [3.8, 4) is 0 Å². The van der Waals surface area contributed by atoms with E-state index in [9.17, 15) is 9.59 Å². The first-order chi connectivity index (χ1) is 12.9. The minimum Gasteiger partial charge on any atom is -0.348 e. The fourth-order valence-electron chi connectivity index (χ4n) is 3.59. The first kappa shape index (κ1) is 21.4. The molecule has 150 valence electrons. The molecule has 1 aliphatic heterocycles. The van der Waals surface area contributed by atoms with E-state index in [1.54, 1.807) is 0 Å². The number of hydrogen-bond donors (Lipinski definition) is 1. The maximum atomic E-state index is 12.5. The number of nitrogens with one attached hydrogen (secondary N) is 1. The molecule has 0 aliphatic carbocycles. The number of carbonyl (C=O) groups is 2. The Balaban J connectivity index is 1.81. The zero-order chi connectivity index (χ0) is 19.8. The Labute approximate surface area is 164 Å². The van der Waals surface area contributed by atoms with Crippen molar-refractivity contribution in [2.75, 3.05) is 32.7 Å². The van der Waals surface area contributed by atoms with Crippen molar-refractivity contribution in [1.82, 2.24) is 15.1 Å². The van der Waals surface area contributed by atoms with Gasteiger partial charge in [0.1, 0.15) is 0 Å². The summed E-state index contributed by atoms with van der Waals surface area (Å²) in [5.41, 5.74) is 2.47. The molecule has 1 aromatic rings. The van der Waals surface area contributed by atoms with Crippen LogP contribution in [0.5, 0.6) is 0 Å². The highest BCUT2D eigenvalue weighted by Gasteiger charge is 2.20. The van der Waals surface area contributed by atoms with Crippen LogP contribution in [0.2, 0.25) is 0 Å². The second-order valence-electron chi connectivity index (χ2n) is 7.99. The van der Waals surface area contributed by atoms with Crippen LogP contribution >= 0.6 is 0 Å². The molecule has 1 atom stereocenters. The van der Waals surface area contributed by atoms with Crippen LogP contribution in [-0.4, -0.2) is 54.3 Å². The molecule has 0 spiro atoms. The molecular weight excluding hydrogens is 338 g/mol. The second-order valence-corrected chi connectivity index (χ2v) is 7.99. The van der Waals surface area contributed by atoms with Crippen LogP contribution in [0.15, 0.2) is 24.3 Å². The molecule has 1 unspecified atom stereocenters. The molecule has 0 saturated carbocycles. The van der Waals surface area contributed by atoms with E-state index in [2.05, 4.69) is 48.3 Å². The lowest BCUT2D eigenvalue weighted by atomic mass is 10.00. The summed E-state index contributed by atoms with van der Waals surface area (Å²) in [6, 6.07) is 8.54. The Bertz CT molecular complexity index is 612. The van der Waals surface area contributed by atoms with E-state index < -0.39 is 0 Å². The van der Waals surface area contributed by atoms with Gasteiger partial charge in [-0.15, -0.1) is 0 Å². The van der Waals surface area contributed by atoms with Crippen molar-refractivity contribution in [2.24, 2.45) is 5.92 Å². The lowest BCUT2D eigenvalue weighted by Gasteiger charge is -2.22. The molecule has 2 rings (SSSR count). The first-order valence-corrected chi connectivity index (χ1v) is 10.3. The van der Waals surface area contributed by atoms with Crippen molar-refractivity contribution >= 4 is 11.8 Å². The highest BCUT2D eigenvalue weighted by atomic mass is 16.2. The van der Waals surface area contributed by atoms with Gasteiger partial charge in [0.15, 0.2) is 0 Å². The van der Waals surface area contributed by atoms with Crippen LogP contribution in [0.3, 0.4) is 0 Å². The summed E-state index contributed by atoms with van der Waals surface area (Å²) in [6.45, 7) is 11.9. The largest absolute Gasteiger partial charge is 0.348 e. The van der Waals surface area contributed by atoms with Crippen LogP contribution in [0.4, 0.5) is 0 Å². The fraction of sp³-hybridized carbons (Fsp3) is 0.636. The quantitative estimate of drug-likeness (QED) is 0.799. The van der Waals surface area contributed by atoms with Crippen molar-refractivity contribution in [3.05, 3.63) is 35.4 Å². The lowest BCUT2D eigenvalue weighted by molar-refractivity contribution is -0.130. The van der Waals surface area contributed by atoms with E-state index in [1.807, 2.05) is 18.7 Å². The minimum absolute atomic E-state index is 0.00394. The van der Waals surface area contributed by atoms with E-state index in [0.717, 1.165) is 38.0 Å². The summed E-state index contributed by atoms with van der Waals surface area (Å²) in [7, 11) is 0. The van der Waals surface area contributed by atoms with Crippen molar-refractivity contribution in [1.29, 1.82) is 0 Å². The third-order valence-electron chi connectivity index (χ3n) is 5.11. The van der Waals surface area contributed by atoms with Gasteiger partial charge in [0.25, 0.3) is 0 Å². The topological polar surface area (TPSA) is 52.7 Å². The van der Waals surface area contributed by atoms with E-state index in [4.69, 9.17) is 0 Å². The molecule has 1 heterocycles. The van der Waals surface area contributed by atoms with Crippen molar-refractivity contribution in [3.63, 3.8) is 0 Å². The summed E-state index contributed by atoms with van der Waals surface area (Å²) < 4.78 is 0. The van der Waals surface area contributed by atoms with Gasteiger partial charge in [0.05, 0.1) is 12.6 Å². The Morgan fingerprint density at radius 3 is 2.37 bits per heavy atom. The Hall–Kier alpha value is -1.88. The van der Waals surface area contributed by atoms with E-state index in [-0.39, 0.29) is 17.9 Å². The lowest BCUT2D eigenvalue weighted by Crippen LogP contribution is -2.40. The zero-order valence-corrected chi connectivity index (χ0v) is 17.3. The SMILES string of the molecule is CCC(=O)N1CCCN(CC(=O)NC(C)c2ccc(CC(C)C)cc2)CC1. The fourth-order valence-corrected chi connectivity index (χ4v) is 3.59. The van der Waals surface area contributed by atoms with E-state index >= 15 is 0 Å². The van der Waals surface area contributed by atoms with Crippen molar-refractivity contribution < 1.29 is 9.59 Å². The van der Waals surface area contributed by atoms with Gasteiger partial charge in [-0.3, -0.25) is 14.5 Å². The molecule has 0 bridgehead atoms. The summed E-state index contributed by atoms with van der Waals surface area (Å²) in [5.74, 6) is 0.894. The van der Waals surface area contributed by atoms with Crippen LogP contribution in [0.1, 0.15) is 57.7 Å². The molecular formula is C22H35N3O2. The van der Waals surface area contributed by atoms with Gasteiger partial charge >= 0.3 is 0 Å². The van der Waals surface area contributed by atoms with Crippen LogP contribution in [0.25, 0.3) is 0 Å². The predicted octanol–water partition coefficient (Wildman–Crippen LogP) is 3.01. The molecule has 5 nitrogen and oxygen atoms in total. The van der Waals surface area contributed by atoms with Crippen molar-refractivity contribution in [2.45, 2.75) is 53.0 Å². The summed E-state index contributed by atoms with van der Waals surface area (Å²) in [4.78, 5) is 28.4. The number of carbonyl (C=O) groups excluding carboxylic acids is 2. The molecule has 5 heteroatoms. The summed E-state index contributed by atoms with van der Waals surface area (Å²) >= 11 is 0. The summed E-state index contributed by atoms with van der Waals surface area (Å²) in [6.07, 6.45) is 2.55. The monoisotopic (exact) mass is 373 g/mol. The van der Waals surface area contributed by atoms with Gasteiger partial charge in [-0.05, 0) is 36.8 Å². The van der Waals surface area contributed by atoms with Gasteiger partial charge in [-0.25, -0.2) is 0 Å². The third kappa shape index (κ3) is 6.98. The molecule has 2 amide bonds. The molecule has 1 fully saturated rings. The number of nitrogens with zero attached hydrogens (tertiary/aromatic N) is 2. The van der Waals surface area contributed by atoms with Crippen LogP contribution in [-0.2, 0) is 16.0 Å². The average Bonchev–Trinajstić information content (AvgIpc) is 2.86. The van der Waals surface area contributed by atoms with Crippen LogP contribution < -0.4 is 5.32 Å². The standard InChI is InChI=1S/C22H35N3O2/c1-5-22(27)25-12-6-11-24(13-14-25)16-21(26)23-18(4)20-9-7-19(8-10-20)15-17(2)3/h7-10,17-18H,5-6,11-16H2,1-4H3,(H,23,26). The maximum Gasteiger partial charge on any atom is 0.234 e. The molecule has 27 heavy (non-hydrogen) atoms. The van der Waals surface area contributed by atoms with Gasteiger partial charge in [-0.1, -0.05) is 45.0 Å². The van der Waals surface area contributed by atoms with E-state index in [0.29, 0.717) is 25.4 Å². The summed E-state index contributed by atoms with van der Waals surface area (Å²) in [5, 5.41) is 3.11. The van der Waals surface area contributed by atoms with Gasteiger partial charge in [0.2, 0.25) is 11.8 Å². The zero-order valence-electron chi connectivity index (χ0n) is 17.3.